The van der Waals surface area contributed by atoms with Crippen LogP contribution >= 0.6 is 0 Å². The van der Waals surface area contributed by atoms with Crippen LogP contribution in [-0.2, 0) is 22.4 Å². The van der Waals surface area contributed by atoms with E-state index in [9.17, 15) is 4.79 Å². The van der Waals surface area contributed by atoms with Gasteiger partial charge in [0, 0.05) is 7.11 Å². The summed E-state index contributed by atoms with van der Waals surface area (Å²) in [5.74, 6) is 0.744. The molecule has 86 valence electrons. The van der Waals surface area contributed by atoms with E-state index in [4.69, 9.17) is 9.47 Å². The molecule has 0 amide bonds. The molecule has 1 aromatic rings. The molecular formula is C13H16O3. The van der Waals surface area contributed by atoms with Gasteiger partial charge in [0.15, 0.2) is 5.78 Å². The van der Waals surface area contributed by atoms with Crippen LogP contribution in [0.4, 0.5) is 0 Å². The fourth-order valence-electron chi connectivity index (χ4n) is 2.00. The third-order valence-electron chi connectivity index (χ3n) is 2.78. The number of carbonyl (C=O) groups is 1. The quantitative estimate of drug-likeness (QED) is 0.758. The van der Waals surface area contributed by atoms with Crippen LogP contribution in [0.25, 0.3) is 0 Å². The Hall–Kier alpha value is -1.35. The van der Waals surface area contributed by atoms with Gasteiger partial charge in [-0.25, -0.2) is 0 Å². The molecule has 0 bridgehead atoms. The van der Waals surface area contributed by atoms with Crippen molar-refractivity contribution < 1.29 is 14.3 Å². The van der Waals surface area contributed by atoms with Crippen LogP contribution in [0.5, 0.6) is 5.75 Å². The minimum absolute atomic E-state index is 0.0389. The van der Waals surface area contributed by atoms with Crippen molar-refractivity contribution in [2.45, 2.75) is 19.3 Å². The Morgan fingerprint density at radius 1 is 1.25 bits per heavy atom. The van der Waals surface area contributed by atoms with Crippen molar-refractivity contribution in [1.29, 1.82) is 0 Å². The highest BCUT2D eigenvalue weighted by atomic mass is 16.5. The molecule has 0 fully saturated rings. The highest BCUT2D eigenvalue weighted by Crippen LogP contribution is 2.25. The number of Topliss-reactive ketones (excluding diaryl/α,β-unsaturated/α-hetero) is 1. The van der Waals surface area contributed by atoms with Gasteiger partial charge in [-0.2, -0.15) is 0 Å². The first-order chi connectivity index (χ1) is 7.79. The number of fused-ring (bicyclic) bond motifs is 1. The lowest BCUT2D eigenvalue weighted by Crippen LogP contribution is -2.16. The number of ketones is 1. The van der Waals surface area contributed by atoms with Crippen molar-refractivity contribution in [2.75, 3.05) is 20.3 Å². The van der Waals surface area contributed by atoms with E-state index in [1.807, 2.05) is 12.1 Å². The topological polar surface area (TPSA) is 35.5 Å². The number of aryl methyl sites for hydroxylation is 2. The van der Waals surface area contributed by atoms with Crippen LogP contribution in [0.3, 0.4) is 0 Å². The van der Waals surface area contributed by atoms with Gasteiger partial charge in [-0.05, 0) is 42.5 Å². The van der Waals surface area contributed by atoms with E-state index in [2.05, 4.69) is 6.07 Å². The molecule has 0 spiro atoms. The van der Waals surface area contributed by atoms with Crippen LogP contribution in [0.1, 0.15) is 17.5 Å². The first-order valence-corrected chi connectivity index (χ1v) is 5.55. The first kappa shape index (κ1) is 11.1. The van der Waals surface area contributed by atoms with Crippen LogP contribution in [0, 0.1) is 0 Å². The van der Waals surface area contributed by atoms with Gasteiger partial charge in [-0.3, -0.25) is 4.79 Å². The summed E-state index contributed by atoms with van der Waals surface area (Å²) in [4.78, 5) is 11.2. The Labute approximate surface area is 95.4 Å². The molecule has 3 heteroatoms. The highest BCUT2D eigenvalue weighted by Gasteiger charge is 2.11. The average Bonchev–Trinajstić information content (AvgIpc) is 2.74. The number of hydrogen-bond acceptors (Lipinski definition) is 3. The van der Waals surface area contributed by atoms with Crippen LogP contribution < -0.4 is 4.74 Å². The second-order valence-electron chi connectivity index (χ2n) is 4.04. The maximum atomic E-state index is 11.2. The minimum atomic E-state index is -0.0389. The molecule has 0 N–H and O–H groups in total. The molecule has 0 saturated heterocycles. The Morgan fingerprint density at radius 3 is 2.88 bits per heavy atom. The Kier molecular flexibility index (Phi) is 3.57. The lowest BCUT2D eigenvalue weighted by Gasteiger charge is -2.07. The number of hydrogen-bond donors (Lipinski definition) is 0. The molecular weight excluding hydrogens is 204 g/mol. The Morgan fingerprint density at radius 2 is 2.06 bits per heavy atom. The third kappa shape index (κ3) is 2.61. The van der Waals surface area contributed by atoms with Gasteiger partial charge in [0.25, 0.3) is 0 Å². The Bertz CT molecular complexity index is 385. The van der Waals surface area contributed by atoms with Crippen molar-refractivity contribution in [1.82, 2.24) is 0 Å². The number of methoxy groups -OCH3 is 1. The second-order valence-corrected chi connectivity index (χ2v) is 4.04. The van der Waals surface area contributed by atoms with Crippen LogP contribution in [-0.4, -0.2) is 26.1 Å². The van der Waals surface area contributed by atoms with E-state index >= 15 is 0 Å². The van der Waals surface area contributed by atoms with E-state index in [1.165, 1.54) is 24.7 Å². The second kappa shape index (κ2) is 5.12. The number of rotatable bonds is 5. The van der Waals surface area contributed by atoms with Gasteiger partial charge in [0.05, 0.1) is 0 Å². The van der Waals surface area contributed by atoms with Crippen molar-refractivity contribution in [2.24, 2.45) is 0 Å². The molecule has 0 heterocycles. The van der Waals surface area contributed by atoms with Crippen LogP contribution in [0.2, 0.25) is 0 Å². The van der Waals surface area contributed by atoms with E-state index in [1.54, 1.807) is 0 Å². The van der Waals surface area contributed by atoms with E-state index in [-0.39, 0.29) is 19.0 Å². The zero-order chi connectivity index (χ0) is 11.4. The van der Waals surface area contributed by atoms with Crippen molar-refractivity contribution in [3.05, 3.63) is 29.3 Å². The largest absolute Gasteiger partial charge is 0.486 e. The summed E-state index contributed by atoms with van der Waals surface area (Å²) < 4.78 is 10.2. The summed E-state index contributed by atoms with van der Waals surface area (Å²) in [6, 6.07) is 6.07. The fourth-order valence-corrected chi connectivity index (χ4v) is 2.00. The first-order valence-electron chi connectivity index (χ1n) is 5.55. The van der Waals surface area contributed by atoms with Crippen LogP contribution in [0.15, 0.2) is 18.2 Å². The average molecular weight is 220 g/mol. The van der Waals surface area contributed by atoms with E-state index < -0.39 is 0 Å². The number of benzene rings is 1. The molecule has 0 aromatic heterocycles. The molecule has 16 heavy (non-hydrogen) atoms. The van der Waals surface area contributed by atoms with Gasteiger partial charge in [-0.1, -0.05) is 6.07 Å². The highest BCUT2D eigenvalue weighted by molar-refractivity contribution is 5.81. The predicted molar refractivity (Wildman–Crippen MR) is 60.8 cm³/mol. The van der Waals surface area contributed by atoms with Gasteiger partial charge in [-0.15, -0.1) is 0 Å². The van der Waals surface area contributed by atoms with Gasteiger partial charge >= 0.3 is 0 Å². The molecule has 0 atom stereocenters. The van der Waals surface area contributed by atoms with Crippen molar-refractivity contribution in [3.63, 3.8) is 0 Å². The normalized spacial score (nSPS) is 13.6. The van der Waals surface area contributed by atoms with Gasteiger partial charge < -0.3 is 9.47 Å². The molecule has 0 aliphatic heterocycles. The van der Waals surface area contributed by atoms with E-state index in [0.29, 0.717) is 0 Å². The maximum Gasteiger partial charge on any atom is 0.195 e. The summed E-state index contributed by atoms with van der Waals surface area (Å²) in [6.07, 6.45) is 3.51. The molecule has 0 unspecified atom stereocenters. The smallest absolute Gasteiger partial charge is 0.195 e. The lowest BCUT2D eigenvalue weighted by atomic mass is 10.1. The summed E-state index contributed by atoms with van der Waals surface area (Å²) in [5.41, 5.74) is 2.77. The lowest BCUT2D eigenvalue weighted by molar-refractivity contribution is -0.124. The van der Waals surface area contributed by atoms with Crippen molar-refractivity contribution >= 4 is 5.78 Å². The summed E-state index contributed by atoms with van der Waals surface area (Å²) >= 11 is 0. The Balaban J connectivity index is 1.93. The van der Waals surface area contributed by atoms with E-state index in [0.717, 1.165) is 18.6 Å². The minimum Gasteiger partial charge on any atom is -0.486 e. The summed E-state index contributed by atoms with van der Waals surface area (Å²) in [7, 11) is 1.51. The van der Waals surface area contributed by atoms with Gasteiger partial charge in [0.1, 0.15) is 19.0 Å². The maximum absolute atomic E-state index is 11.2. The number of carbonyl (C=O) groups excluding carboxylic acids is 1. The SMILES string of the molecule is COCC(=O)COc1ccc2c(c1)CCC2. The van der Waals surface area contributed by atoms with Gasteiger partial charge in [0.2, 0.25) is 0 Å². The monoisotopic (exact) mass is 220 g/mol. The van der Waals surface area contributed by atoms with Crippen molar-refractivity contribution in [3.8, 4) is 5.75 Å². The standard InChI is InChI=1S/C13H16O3/c1-15-8-12(14)9-16-13-6-5-10-3-2-4-11(10)7-13/h5-7H,2-4,8-9H2,1H3. The fraction of sp³-hybridized carbons (Fsp3) is 0.462. The molecule has 1 aliphatic rings. The molecule has 3 nitrogen and oxygen atoms in total. The zero-order valence-corrected chi connectivity index (χ0v) is 9.49. The summed E-state index contributed by atoms with van der Waals surface area (Å²) in [6.45, 7) is 0.206. The molecule has 1 aliphatic carbocycles. The molecule has 0 radical (unpaired) electrons. The molecule has 1 aromatic carbocycles. The zero-order valence-electron chi connectivity index (χ0n) is 9.49. The molecule has 2 rings (SSSR count). The number of ether oxygens (including phenoxy) is 2. The summed E-state index contributed by atoms with van der Waals surface area (Å²) in [5, 5.41) is 0. The molecule has 0 saturated carbocycles. The third-order valence-corrected chi connectivity index (χ3v) is 2.78. The predicted octanol–water partition coefficient (Wildman–Crippen LogP) is 1.77.